The molecule has 3 aliphatic heterocycles. The van der Waals surface area contributed by atoms with Crippen LogP contribution in [0.1, 0.15) is 48.4 Å². The first kappa shape index (κ1) is 24.4. The SMILES string of the molecule is COc1cc2c(cc1OC)[C@]1(CC1C1CCC3C(C1)NNC3c1cccc(CN3CCOCC3)c1)C(=O)N2. The number of hydrogen-bond donors (Lipinski definition) is 3. The number of rotatable bonds is 6. The van der Waals surface area contributed by atoms with Crippen molar-refractivity contribution < 1.29 is 19.0 Å². The van der Waals surface area contributed by atoms with Crippen molar-refractivity contribution in [1.82, 2.24) is 15.8 Å². The summed E-state index contributed by atoms with van der Waals surface area (Å²) in [5.41, 5.74) is 11.6. The van der Waals surface area contributed by atoms with Crippen molar-refractivity contribution in [3.8, 4) is 11.5 Å². The van der Waals surface area contributed by atoms with Gasteiger partial charge in [0.2, 0.25) is 5.91 Å². The Morgan fingerprint density at radius 2 is 1.87 bits per heavy atom. The Morgan fingerprint density at radius 1 is 1.05 bits per heavy atom. The lowest BCUT2D eigenvalue weighted by Gasteiger charge is -2.34. The summed E-state index contributed by atoms with van der Waals surface area (Å²) in [5.74, 6) is 2.96. The average Bonchev–Trinajstić information content (AvgIpc) is 3.47. The molecule has 2 aliphatic carbocycles. The van der Waals surface area contributed by atoms with E-state index in [4.69, 9.17) is 14.2 Å². The van der Waals surface area contributed by atoms with Crippen LogP contribution in [0.3, 0.4) is 0 Å². The largest absolute Gasteiger partial charge is 0.493 e. The number of nitrogens with one attached hydrogen (secondary N) is 3. The third-order valence-corrected chi connectivity index (χ3v) is 9.86. The molecule has 5 unspecified atom stereocenters. The van der Waals surface area contributed by atoms with Gasteiger partial charge in [-0.1, -0.05) is 24.3 Å². The van der Waals surface area contributed by atoms with E-state index in [0.29, 0.717) is 41.3 Å². The summed E-state index contributed by atoms with van der Waals surface area (Å²) in [6, 6.07) is 13.8. The third-order valence-electron chi connectivity index (χ3n) is 9.86. The predicted octanol–water partition coefficient (Wildman–Crippen LogP) is 3.38. The van der Waals surface area contributed by atoms with Crippen molar-refractivity contribution in [3.05, 3.63) is 53.1 Å². The molecule has 0 radical (unpaired) electrons. The highest BCUT2D eigenvalue weighted by atomic mass is 16.5. The first-order chi connectivity index (χ1) is 18.6. The van der Waals surface area contributed by atoms with Crippen molar-refractivity contribution in [2.45, 2.75) is 49.7 Å². The maximum Gasteiger partial charge on any atom is 0.235 e. The first-order valence-corrected chi connectivity index (χ1v) is 14.1. The number of amides is 1. The molecule has 8 heteroatoms. The maximum absolute atomic E-state index is 13.3. The van der Waals surface area contributed by atoms with Crippen LogP contribution in [0.5, 0.6) is 11.5 Å². The van der Waals surface area contributed by atoms with Crippen LogP contribution >= 0.6 is 0 Å². The van der Waals surface area contributed by atoms with E-state index in [2.05, 4.69) is 45.3 Å². The molecule has 5 aliphatic rings. The molecule has 0 aromatic heterocycles. The molecule has 3 N–H and O–H groups in total. The molecule has 8 nitrogen and oxygen atoms in total. The molecule has 2 aromatic rings. The zero-order valence-electron chi connectivity index (χ0n) is 22.3. The van der Waals surface area contributed by atoms with E-state index in [9.17, 15) is 4.79 Å². The molecule has 2 saturated heterocycles. The smallest absolute Gasteiger partial charge is 0.235 e. The molecule has 7 rings (SSSR count). The summed E-state index contributed by atoms with van der Waals surface area (Å²) in [4.78, 5) is 15.8. The topological polar surface area (TPSA) is 84.1 Å². The zero-order chi connectivity index (χ0) is 25.9. The molecule has 2 saturated carbocycles. The van der Waals surface area contributed by atoms with Gasteiger partial charge in [-0.15, -0.1) is 0 Å². The fourth-order valence-electron chi connectivity index (χ4n) is 7.83. The average molecular weight is 519 g/mol. The highest BCUT2D eigenvalue weighted by molar-refractivity contribution is 6.09. The van der Waals surface area contributed by atoms with Crippen LogP contribution in [0.2, 0.25) is 0 Å². The number of hydrogen-bond acceptors (Lipinski definition) is 7. The van der Waals surface area contributed by atoms with E-state index < -0.39 is 5.41 Å². The number of anilines is 1. The van der Waals surface area contributed by atoms with Gasteiger partial charge in [0.1, 0.15) is 0 Å². The van der Waals surface area contributed by atoms with Crippen molar-refractivity contribution in [2.24, 2.45) is 17.8 Å². The summed E-state index contributed by atoms with van der Waals surface area (Å²) in [7, 11) is 3.28. The molecule has 4 fully saturated rings. The minimum absolute atomic E-state index is 0.141. The van der Waals surface area contributed by atoms with Gasteiger partial charge in [-0.25, -0.2) is 5.43 Å². The van der Waals surface area contributed by atoms with Crippen LogP contribution in [0.25, 0.3) is 0 Å². The number of methoxy groups -OCH3 is 2. The number of carbonyl (C=O) groups excluding carboxylic acids is 1. The minimum Gasteiger partial charge on any atom is -0.493 e. The van der Waals surface area contributed by atoms with Gasteiger partial charge in [0.05, 0.1) is 38.9 Å². The minimum atomic E-state index is -0.411. The summed E-state index contributed by atoms with van der Waals surface area (Å²) >= 11 is 0. The van der Waals surface area contributed by atoms with E-state index in [1.165, 1.54) is 17.5 Å². The summed E-state index contributed by atoms with van der Waals surface area (Å²) in [5, 5.41) is 3.14. The summed E-state index contributed by atoms with van der Waals surface area (Å²) < 4.78 is 16.6. The fourth-order valence-corrected chi connectivity index (χ4v) is 7.83. The van der Waals surface area contributed by atoms with Gasteiger partial charge in [-0.05, 0) is 66.2 Å². The van der Waals surface area contributed by atoms with E-state index in [0.717, 1.165) is 63.4 Å². The van der Waals surface area contributed by atoms with E-state index in [1.807, 2.05) is 12.1 Å². The molecule has 2 aromatic carbocycles. The second-order valence-corrected chi connectivity index (χ2v) is 11.7. The van der Waals surface area contributed by atoms with E-state index in [-0.39, 0.29) is 5.91 Å². The van der Waals surface area contributed by atoms with Gasteiger partial charge >= 0.3 is 0 Å². The Balaban J connectivity index is 1.04. The van der Waals surface area contributed by atoms with Crippen LogP contribution in [0.15, 0.2) is 36.4 Å². The van der Waals surface area contributed by atoms with Crippen molar-refractivity contribution in [2.75, 3.05) is 45.8 Å². The Kier molecular flexibility index (Phi) is 6.11. The van der Waals surface area contributed by atoms with Crippen LogP contribution in [0, 0.1) is 17.8 Å². The highest BCUT2D eigenvalue weighted by Gasteiger charge is 2.67. The molecular formula is C30H38N4O4. The molecule has 3 heterocycles. The number of hydrazine groups is 1. The standard InChI is InChI=1S/C30H38N4O4/c1-36-26-14-22-25(15-27(26)37-2)31-29(35)30(22)16-23(30)19-6-7-21-24(13-19)32-33-28(21)20-5-3-4-18(12-20)17-34-8-10-38-11-9-34/h3-5,12,14-15,19,21,23-24,28,32-33H,6-11,13,16-17H2,1-2H3,(H,31,35)/t19?,21?,23?,24?,28?,30-/m0/s1. The molecule has 6 atom stereocenters. The summed E-state index contributed by atoms with van der Waals surface area (Å²) in [6.45, 7) is 4.65. The molecule has 38 heavy (non-hydrogen) atoms. The van der Waals surface area contributed by atoms with Crippen LogP contribution in [0.4, 0.5) is 5.69 Å². The number of ether oxygens (including phenoxy) is 3. The zero-order valence-corrected chi connectivity index (χ0v) is 22.3. The quantitative estimate of drug-likeness (QED) is 0.541. The number of nitrogens with zero attached hydrogens (tertiary/aromatic N) is 1. The Morgan fingerprint density at radius 3 is 2.68 bits per heavy atom. The van der Waals surface area contributed by atoms with Crippen LogP contribution in [-0.2, 0) is 21.5 Å². The second-order valence-electron chi connectivity index (χ2n) is 11.7. The summed E-state index contributed by atoms with van der Waals surface area (Å²) in [6.07, 6.45) is 4.35. The molecular weight excluding hydrogens is 480 g/mol. The van der Waals surface area contributed by atoms with Gasteiger partial charge < -0.3 is 19.5 Å². The first-order valence-electron chi connectivity index (χ1n) is 14.1. The van der Waals surface area contributed by atoms with Crippen molar-refractivity contribution >= 4 is 11.6 Å². The predicted molar refractivity (Wildman–Crippen MR) is 144 cm³/mol. The number of benzene rings is 2. The molecule has 0 bridgehead atoms. The van der Waals surface area contributed by atoms with Crippen LogP contribution < -0.4 is 25.6 Å². The van der Waals surface area contributed by atoms with Crippen molar-refractivity contribution in [1.29, 1.82) is 0 Å². The number of fused-ring (bicyclic) bond motifs is 3. The van der Waals surface area contributed by atoms with E-state index in [1.54, 1.807) is 14.2 Å². The lowest BCUT2D eigenvalue weighted by atomic mass is 9.72. The normalized spacial score (nSPS) is 34.1. The van der Waals surface area contributed by atoms with Gasteiger partial charge in [0.25, 0.3) is 0 Å². The van der Waals surface area contributed by atoms with E-state index >= 15 is 0 Å². The van der Waals surface area contributed by atoms with Gasteiger partial charge in [0.15, 0.2) is 11.5 Å². The third kappa shape index (κ3) is 3.92. The van der Waals surface area contributed by atoms with Crippen LogP contribution in [-0.4, -0.2) is 57.4 Å². The van der Waals surface area contributed by atoms with Gasteiger partial charge in [-0.3, -0.25) is 15.1 Å². The lowest BCUT2D eigenvalue weighted by Crippen LogP contribution is -2.37. The molecule has 1 amide bonds. The lowest BCUT2D eigenvalue weighted by molar-refractivity contribution is -0.118. The highest BCUT2D eigenvalue weighted by Crippen LogP contribution is 2.66. The monoisotopic (exact) mass is 518 g/mol. The fraction of sp³-hybridized carbons (Fsp3) is 0.567. The Hall–Kier alpha value is -2.65. The van der Waals surface area contributed by atoms with Crippen molar-refractivity contribution in [3.63, 3.8) is 0 Å². The number of morpholine rings is 1. The molecule has 1 spiro atoms. The van der Waals surface area contributed by atoms with Gasteiger partial charge in [0, 0.05) is 37.4 Å². The molecule has 202 valence electrons. The number of carbonyl (C=O) groups is 1. The maximum atomic E-state index is 13.3. The van der Waals surface area contributed by atoms with Gasteiger partial charge in [-0.2, -0.15) is 0 Å². The Labute approximate surface area is 224 Å². The second kappa shape index (κ2) is 9.52. The Bertz CT molecular complexity index is 1230.